The highest BCUT2D eigenvalue weighted by atomic mass is 16.5. The quantitative estimate of drug-likeness (QED) is 0.820. The highest BCUT2D eigenvalue weighted by Crippen LogP contribution is 2.15. The van der Waals surface area contributed by atoms with Crippen molar-refractivity contribution in [2.24, 2.45) is 0 Å². The average molecular weight is 300 g/mol. The lowest BCUT2D eigenvalue weighted by molar-refractivity contribution is -0.00171. The molecule has 116 valence electrons. The third-order valence-electron chi connectivity index (χ3n) is 3.23. The summed E-state index contributed by atoms with van der Waals surface area (Å²) in [7, 11) is 0. The third-order valence-corrected chi connectivity index (χ3v) is 3.23. The van der Waals surface area contributed by atoms with Gasteiger partial charge >= 0.3 is 0 Å². The first-order chi connectivity index (χ1) is 10.7. The molecular formula is C17H20N2O3. The van der Waals surface area contributed by atoms with Crippen LogP contribution >= 0.6 is 0 Å². The number of pyridine rings is 1. The van der Waals surface area contributed by atoms with Crippen LogP contribution in [0.25, 0.3) is 0 Å². The molecule has 2 N–H and O–H groups in total. The maximum absolute atomic E-state index is 11.8. The van der Waals surface area contributed by atoms with Crippen molar-refractivity contribution >= 4 is 5.91 Å². The second kappa shape index (κ2) is 8.26. The molecule has 0 unspecified atom stereocenters. The molecule has 5 heteroatoms. The van der Waals surface area contributed by atoms with Gasteiger partial charge in [0.25, 0.3) is 5.91 Å². The molecule has 0 bridgehead atoms. The molecule has 2 aromatic rings. The zero-order valence-electron chi connectivity index (χ0n) is 12.5. The summed E-state index contributed by atoms with van der Waals surface area (Å²) in [6.45, 7) is 2.22. The molecule has 1 aromatic heterocycles. The van der Waals surface area contributed by atoms with Gasteiger partial charge in [0.15, 0.2) is 0 Å². The molecule has 1 amide bonds. The molecule has 0 saturated carbocycles. The van der Waals surface area contributed by atoms with Gasteiger partial charge in [0.05, 0.1) is 24.4 Å². The van der Waals surface area contributed by atoms with Gasteiger partial charge in [-0.05, 0) is 24.6 Å². The minimum absolute atomic E-state index is 0.107. The monoisotopic (exact) mass is 300 g/mol. The number of carbonyl (C=O) groups excluding carboxylic acids is 1. The normalized spacial score (nSPS) is 13.4. The Labute approximate surface area is 130 Å². The molecule has 0 radical (unpaired) electrons. The average Bonchev–Trinajstić information content (AvgIpc) is 2.59. The van der Waals surface area contributed by atoms with E-state index < -0.39 is 6.10 Å². The number of hydrogen-bond acceptors (Lipinski definition) is 4. The molecule has 0 aliphatic rings. The van der Waals surface area contributed by atoms with Gasteiger partial charge in [0.1, 0.15) is 0 Å². The smallest absolute Gasteiger partial charge is 0.252 e. The van der Waals surface area contributed by atoms with E-state index in [9.17, 15) is 9.90 Å². The summed E-state index contributed by atoms with van der Waals surface area (Å²) in [5.74, 6) is -0.261. The van der Waals surface area contributed by atoms with Crippen LogP contribution in [0.3, 0.4) is 0 Å². The Kier molecular flexibility index (Phi) is 6.06. The topological polar surface area (TPSA) is 71.5 Å². The molecule has 2 atom stereocenters. The molecule has 0 aliphatic heterocycles. The van der Waals surface area contributed by atoms with Crippen LogP contribution in [0.4, 0.5) is 0 Å². The zero-order valence-corrected chi connectivity index (χ0v) is 12.5. The maximum atomic E-state index is 11.8. The Morgan fingerprint density at radius 2 is 2.05 bits per heavy atom. The van der Waals surface area contributed by atoms with Crippen LogP contribution in [0, 0.1) is 0 Å². The SMILES string of the molecule is C[C@H](OC[C@H](O)CNC(=O)c1cccnc1)c1ccccc1. The van der Waals surface area contributed by atoms with Crippen LogP contribution in [-0.2, 0) is 4.74 Å². The number of nitrogens with one attached hydrogen (secondary N) is 1. The fourth-order valence-corrected chi connectivity index (χ4v) is 1.94. The number of rotatable bonds is 7. The Morgan fingerprint density at radius 1 is 1.27 bits per heavy atom. The molecule has 22 heavy (non-hydrogen) atoms. The minimum Gasteiger partial charge on any atom is -0.389 e. The minimum atomic E-state index is -0.758. The van der Waals surface area contributed by atoms with Crippen LogP contribution in [0.1, 0.15) is 28.9 Å². The molecule has 1 aromatic carbocycles. The van der Waals surface area contributed by atoms with Crippen molar-refractivity contribution in [2.45, 2.75) is 19.1 Å². The first kappa shape index (κ1) is 16.1. The zero-order chi connectivity index (χ0) is 15.8. The van der Waals surface area contributed by atoms with Gasteiger partial charge in [-0.25, -0.2) is 0 Å². The van der Waals surface area contributed by atoms with Gasteiger partial charge in [0.2, 0.25) is 0 Å². The molecule has 0 spiro atoms. The molecule has 0 aliphatic carbocycles. The highest BCUT2D eigenvalue weighted by molar-refractivity contribution is 5.93. The Morgan fingerprint density at radius 3 is 2.73 bits per heavy atom. The Hall–Kier alpha value is -2.24. The Balaban J connectivity index is 1.72. The predicted octanol–water partition coefficient (Wildman–Crippen LogP) is 1.95. The molecule has 0 fully saturated rings. The number of aliphatic hydroxyl groups is 1. The summed E-state index contributed by atoms with van der Waals surface area (Å²) in [5.41, 5.74) is 1.52. The van der Waals surface area contributed by atoms with Crippen LogP contribution in [-0.4, -0.2) is 35.3 Å². The van der Waals surface area contributed by atoms with E-state index in [-0.39, 0.29) is 25.2 Å². The number of benzene rings is 1. The lowest BCUT2D eigenvalue weighted by Crippen LogP contribution is -2.34. The summed E-state index contributed by atoms with van der Waals surface area (Å²) in [5, 5.41) is 12.5. The van der Waals surface area contributed by atoms with Gasteiger partial charge in [0, 0.05) is 18.9 Å². The van der Waals surface area contributed by atoms with Crippen molar-refractivity contribution in [1.82, 2.24) is 10.3 Å². The first-order valence-corrected chi connectivity index (χ1v) is 7.19. The predicted molar refractivity (Wildman–Crippen MR) is 83.4 cm³/mol. The van der Waals surface area contributed by atoms with E-state index in [1.165, 1.54) is 6.20 Å². The van der Waals surface area contributed by atoms with Crippen LogP contribution < -0.4 is 5.32 Å². The van der Waals surface area contributed by atoms with Crippen molar-refractivity contribution in [3.8, 4) is 0 Å². The van der Waals surface area contributed by atoms with Gasteiger partial charge in [-0.15, -0.1) is 0 Å². The van der Waals surface area contributed by atoms with Crippen molar-refractivity contribution in [3.05, 3.63) is 66.0 Å². The third kappa shape index (κ3) is 4.95. The van der Waals surface area contributed by atoms with Gasteiger partial charge in [-0.1, -0.05) is 30.3 Å². The fourth-order valence-electron chi connectivity index (χ4n) is 1.94. The highest BCUT2D eigenvalue weighted by Gasteiger charge is 2.12. The second-order valence-electron chi connectivity index (χ2n) is 4.99. The molecule has 0 saturated heterocycles. The summed E-state index contributed by atoms with van der Waals surface area (Å²) < 4.78 is 5.61. The first-order valence-electron chi connectivity index (χ1n) is 7.19. The van der Waals surface area contributed by atoms with Crippen molar-refractivity contribution < 1.29 is 14.6 Å². The van der Waals surface area contributed by atoms with E-state index in [0.29, 0.717) is 5.56 Å². The lowest BCUT2D eigenvalue weighted by atomic mass is 10.1. The van der Waals surface area contributed by atoms with Crippen molar-refractivity contribution in [1.29, 1.82) is 0 Å². The van der Waals surface area contributed by atoms with Gasteiger partial charge in [-0.2, -0.15) is 0 Å². The van der Waals surface area contributed by atoms with Crippen LogP contribution in [0.5, 0.6) is 0 Å². The molecule has 2 rings (SSSR count). The summed E-state index contributed by atoms with van der Waals surface area (Å²) in [6.07, 6.45) is 2.22. The summed E-state index contributed by atoms with van der Waals surface area (Å²) in [4.78, 5) is 15.7. The number of nitrogens with zero attached hydrogens (tertiary/aromatic N) is 1. The van der Waals surface area contributed by atoms with E-state index in [4.69, 9.17) is 4.74 Å². The van der Waals surface area contributed by atoms with E-state index >= 15 is 0 Å². The van der Waals surface area contributed by atoms with E-state index in [2.05, 4.69) is 10.3 Å². The number of aromatic nitrogens is 1. The second-order valence-corrected chi connectivity index (χ2v) is 4.99. The number of ether oxygens (including phenoxy) is 1. The van der Waals surface area contributed by atoms with Crippen molar-refractivity contribution in [2.75, 3.05) is 13.2 Å². The largest absolute Gasteiger partial charge is 0.389 e. The molecule has 5 nitrogen and oxygen atoms in total. The summed E-state index contributed by atoms with van der Waals surface area (Å²) in [6, 6.07) is 13.1. The van der Waals surface area contributed by atoms with Crippen LogP contribution in [0.2, 0.25) is 0 Å². The van der Waals surface area contributed by atoms with Gasteiger partial charge in [-0.3, -0.25) is 9.78 Å². The lowest BCUT2D eigenvalue weighted by Gasteiger charge is -2.17. The standard InChI is InChI=1S/C17H20N2O3/c1-13(14-6-3-2-4-7-14)22-12-16(20)11-19-17(21)15-8-5-9-18-10-15/h2-10,13,16,20H,11-12H2,1H3,(H,19,21)/t13-,16+/m0/s1. The summed E-state index contributed by atoms with van der Waals surface area (Å²) >= 11 is 0. The molecule has 1 heterocycles. The number of carbonyl (C=O) groups is 1. The fraction of sp³-hybridized carbons (Fsp3) is 0.294. The Bertz CT molecular complexity index is 575. The van der Waals surface area contributed by atoms with E-state index in [1.54, 1.807) is 18.3 Å². The van der Waals surface area contributed by atoms with E-state index in [1.807, 2.05) is 37.3 Å². The van der Waals surface area contributed by atoms with E-state index in [0.717, 1.165) is 5.56 Å². The number of amides is 1. The maximum Gasteiger partial charge on any atom is 0.252 e. The van der Waals surface area contributed by atoms with Crippen molar-refractivity contribution in [3.63, 3.8) is 0 Å². The van der Waals surface area contributed by atoms with Gasteiger partial charge < -0.3 is 15.2 Å². The van der Waals surface area contributed by atoms with Crippen LogP contribution in [0.15, 0.2) is 54.9 Å². The number of hydrogen-bond donors (Lipinski definition) is 2. The number of aliphatic hydroxyl groups excluding tert-OH is 1. The molecular weight excluding hydrogens is 280 g/mol.